The highest BCUT2D eigenvalue weighted by Gasteiger charge is 2.42. The summed E-state index contributed by atoms with van der Waals surface area (Å²) in [5, 5.41) is 6.06. The van der Waals surface area contributed by atoms with Crippen molar-refractivity contribution in [2.24, 2.45) is 0 Å². The van der Waals surface area contributed by atoms with Gasteiger partial charge in [0.1, 0.15) is 11.2 Å². The molecule has 0 saturated heterocycles. The fraction of sp³-hybridized carbons (Fsp3) is 0.143. The number of aromatic nitrogens is 1. The molecule has 0 saturated carbocycles. The van der Waals surface area contributed by atoms with E-state index in [4.69, 9.17) is 4.42 Å². The van der Waals surface area contributed by atoms with Gasteiger partial charge in [-0.15, -0.1) is 0 Å². The molecular formula is C63H48N2O. The van der Waals surface area contributed by atoms with E-state index in [2.05, 4.69) is 233 Å². The van der Waals surface area contributed by atoms with E-state index in [0.717, 1.165) is 39.0 Å². The first kappa shape index (κ1) is 37.7. The lowest BCUT2D eigenvalue weighted by molar-refractivity contribution is 0.657. The molecule has 9 aromatic carbocycles. The second-order valence-electron chi connectivity index (χ2n) is 20.5. The summed E-state index contributed by atoms with van der Waals surface area (Å²) in [7, 11) is 0. The lowest BCUT2D eigenvalue weighted by Gasteiger charge is -2.29. The van der Waals surface area contributed by atoms with E-state index in [-0.39, 0.29) is 16.2 Å². The minimum absolute atomic E-state index is 0.141. The molecule has 11 aromatic rings. The average Bonchev–Trinajstić information content (AvgIpc) is 4.07. The van der Waals surface area contributed by atoms with Gasteiger partial charge in [0.05, 0.1) is 22.3 Å². The summed E-state index contributed by atoms with van der Waals surface area (Å²) in [5.74, 6) is 0. The highest BCUT2D eigenvalue weighted by atomic mass is 16.3. The zero-order valence-electron chi connectivity index (χ0n) is 38.1. The Morgan fingerprint density at radius 2 is 1.02 bits per heavy atom. The van der Waals surface area contributed by atoms with Crippen LogP contribution in [0.15, 0.2) is 186 Å². The summed E-state index contributed by atoms with van der Waals surface area (Å²) < 4.78 is 9.39. The minimum atomic E-state index is -0.188. The largest absolute Gasteiger partial charge is 0.456 e. The highest BCUT2D eigenvalue weighted by Crippen LogP contribution is 2.57. The Balaban J connectivity index is 1.03. The van der Waals surface area contributed by atoms with Crippen LogP contribution in [0, 0.1) is 0 Å². The van der Waals surface area contributed by atoms with E-state index in [1.54, 1.807) is 0 Å². The lowest BCUT2D eigenvalue weighted by atomic mass is 9.81. The molecule has 3 heteroatoms. The standard InChI is InChI=1S/C63H48N2O/c1-61(2)48-22-13-10-19-42(48)44-31-29-40(34-51(44)61)64(53-25-16-26-55-57(53)47-35-52-46(36-56(47)66-55)43-20-11-14-23-49(43)62(52,3)4)39-28-30-41-37(33-39)27-32-54-58(41)59-60(65(54)38-17-8-7-9-18-38)45-21-12-15-24-50(45)63(59,5)6/h7-36H,1-6H3. The van der Waals surface area contributed by atoms with E-state index < -0.39 is 0 Å². The van der Waals surface area contributed by atoms with Crippen molar-refractivity contribution in [3.05, 3.63) is 215 Å². The number of hydrogen-bond donors (Lipinski definition) is 0. The molecule has 0 atom stereocenters. The van der Waals surface area contributed by atoms with Gasteiger partial charge in [0.15, 0.2) is 0 Å². The van der Waals surface area contributed by atoms with Crippen LogP contribution in [0.5, 0.6) is 0 Å². The van der Waals surface area contributed by atoms with E-state index >= 15 is 0 Å². The summed E-state index contributed by atoms with van der Waals surface area (Å²) in [6.07, 6.45) is 0. The van der Waals surface area contributed by atoms with E-state index in [1.807, 2.05) is 0 Å². The number of hydrogen-bond acceptors (Lipinski definition) is 2. The van der Waals surface area contributed by atoms with Crippen molar-refractivity contribution in [1.29, 1.82) is 0 Å². The maximum absolute atomic E-state index is 6.89. The van der Waals surface area contributed by atoms with Gasteiger partial charge in [-0.3, -0.25) is 0 Å². The quantitative estimate of drug-likeness (QED) is 0.176. The molecular weight excluding hydrogens is 801 g/mol. The molecule has 0 spiro atoms. The number of rotatable bonds is 4. The van der Waals surface area contributed by atoms with Crippen LogP contribution in [0.1, 0.15) is 74.9 Å². The zero-order valence-corrected chi connectivity index (χ0v) is 38.1. The highest BCUT2D eigenvalue weighted by molar-refractivity contribution is 6.17. The van der Waals surface area contributed by atoms with E-state index in [1.165, 1.54) is 94.3 Å². The van der Waals surface area contributed by atoms with Crippen LogP contribution in [-0.4, -0.2) is 4.57 Å². The van der Waals surface area contributed by atoms with Gasteiger partial charge >= 0.3 is 0 Å². The first-order valence-corrected chi connectivity index (χ1v) is 23.4. The topological polar surface area (TPSA) is 21.3 Å². The Labute approximate surface area is 385 Å². The monoisotopic (exact) mass is 848 g/mol. The number of fused-ring (bicyclic) bond motifs is 16. The molecule has 3 aliphatic rings. The van der Waals surface area contributed by atoms with Crippen molar-refractivity contribution in [1.82, 2.24) is 4.57 Å². The molecule has 3 nitrogen and oxygen atoms in total. The summed E-state index contributed by atoms with van der Waals surface area (Å²) >= 11 is 0. The van der Waals surface area contributed by atoms with Gasteiger partial charge in [0, 0.05) is 49.6 Å². The van der Waals surface area contributed by atoms with Crippen LogP contribution >= 0.6 is 0 Å². The zero-order chi connectivity index (χ0) is 44.4. The fourth-order valence-electron chi connectivity index (χ4n) is 12.8. The third kappa shape index (κ3) is 4.77. The Bertz CT molecular complexity index is 3910. The van der Waals surface area contributed by atoms with Crippen LogP contribution < -0.4 is 4.90 Å². The lowest BCUT2D eigenvalue weighted by Crippen LogP contribution is -2.16. The van der Waals surface area contributed by atoms with Crippen LogP contribution in [0.4, 0.5) is 17.1 Å². The van der Waals surface area contributed by atoms with Crippen LogP contribution in [0.3, 0.4) is 0 Å². The molecule has 0 amide bonds. The van der Waals surface area contributed by atoms with Gasteiger partial charge in [-0.2, -0.15) is 0 Å². The molecule has 0 fully saturated rings. The number of nitrogens with zero attached hydrogens (tertiary/aromatic N) is 2. The molecule has 0 unspecified atom stereocenters. The van der Waals surface area contributed by atoms with Gasteiger partial charge in [0.25, 0.3) is 0 Å². The van der Waals surface area contributed by atoms with Gasteiger partial charge in [0.2, 0.25) is 0 Å². The molecule has 14 rings (SSSR count). The predicted molar refractivity (Wildman–Crippen MR) is 275 cm³/mol. The molecule has 3 aliphatic carbocycles. The maximum atomic E-state index is 6.89. The van der Waals surface area contributed by atoms with Crippen LogP contribution in [0.2, 0.25) is 0 Å². The molecule has 2 heterocycles. The van der Waals surface area contributed by atoms with Crippen molar-refractivity contribution in [2.75, 3.05) is 4.90 Å². The number of para-hydroxylation sites is 1. The number of furan rings is 1. The Morgan fingerprint density at radius 1 is 0.409 bits per heavy atom. The predicted octanol–water partition coefficient (Wildman–Crippen LogP) is 17.1. The molecule has 0 aliphatic heterocycles. The summed E-state index contributed by atoms with van der Waals surface area (Å²) in [5.41, 5.74) is 23.1. The van der Waals surface area contributed by atoms with Gasteiger partial charge < -0.3 is 13.9 Å². The normalized spacial score (nSPS) is 15.5. The first-order valence-electron chi connectivity index (χ1n) is 23.4. The molecule has 2 aromatic heterocycles. The van der Waals surface area contributed by atoms with Crippen molar-refractivity contribution in [3.63, 3.8) is 0 Å². The molecule has 316 valence electrons. The summed E-state index contributed by atoms with van der Waals surface area (Å²) in [4.78, 5) is 2.49. The van der Waals surface area contributed by atoms with Crippen LogP contribution in [0.25, 0.3) is 82.8 Å². The van der Waals surface area contributed by atoms with Crippen molar-refractivity contribution >= 4 is 60.7 Å². The summed E-state index contributed by atoms with van der Waals surface area (Å²) in [6.45, 7) is 14.3. The Kier molecular flexibility index (Phi) is 7.32. The molecule has 0 radical (unpaired) electrons. The SMILES string of the molecule is CC1(C)c2ccccc2-c2ccc(N(c3ccc4c(ccc5c4c4c(n5-c5ccccc5)-c5ccccc5C4(C)C)c3)c3cccc4oc5cc6c(cc5c34)C(C)(C)c3ccccc3-6)cc21. The van der Waals surface area contributed by atoms with Crippen molar-refractivity contribution < 1.29 is 4.42 Å². The Morgan fingerprint density at radius 3 is 1.76 bits per heavy atom. The fourth-order valence-corrected chi connectivity index (χ4v) is 12.8. The minimum Gasteiger partial charge on any atom is -0.456 e. The maximum Gasteiger partial charge on any atom is 0.137 e. The van der Waals surface area contributed by atoms with Crippen molar-refractivity contribution in [2.45, 2.75) is 57.8 Å². The third-order valence-corrected chi connectivity index (χ3v) is 15.9. The van der Waals surface area contributed by atoms with Gasteiger partial charge in [-0.25, -0.2) is 0 Å². The smallest absolute Gasteiger partial charge is 0.137 e. The number of anilines is 3. The van der Waals surface area contributed by atoms with Gasteiger partial charge in [-0.05, 0) is 133 Å². The molecule has 66 heavy (non-hydrogen) atoms. The van der Waals surface area contributed by atoms with Crippen LogP contribution in [-0.2, 0) is 16.2 Å². The summed E-state index contributed by atoms with van der Waals surface area (Å²) in [6, 6.07) is 68.0. The first-order chi connectivity index (χ1) is 32.0. The average molecular weight is 849 g/mol. The third-order valence-electron chi connectivity index (χ3n) is 15.9. The second kappa shape index (κ2) is 12.8. The second-order valence-corrected chi connectivity index (χ2v) is 20.5. The Hall–Kier alpha value is -7.62. The van der Waals surface area contributed by atoms with Gasteiger partial charge in [-0.1, -0.05) is 157 Å². The van der Waals surface area contributed by atoms with Crippen molar-refractivity contribution in [3.8, 4) is 39.2 Å². The van der Waals surface area contributed by atoms with E-state index in [9.17, 15) is 0 Å². The van der Waals surface area contributed by atoms with E-state index in [0.29, 0.717) is 0 Å². The molecule has 0 N–H and O–H groups in total. The number of benzene rings is 9. The molecule has 0 bridgehead atoms.